The highest BCUT2D eigenvalue weighted by molar-refractivity contribution is 5.87. The van der Waals surface area contributed by atoms with Gasteiger partial charge in [0.2, 0.25) is 11.8 Å². The van der Waals surface area contributed by atoms with Crippen molar-refractivity contribution < 1.29 is 9.59 Å². The van der Waals surface area contributed by atoms with Gasteiger partial charge in [0.25, 0.3) is 0 Å². The van der Waals surface area contributed by atoms with Crippen LogP contribution in [0.5, 0.6) is 0 Å². The van der Waals surface area contributed by atoms with Crippen molar-refractivity contribution in [2.45, 2.75) is 25.9 Å². The molecule has 0 aliphatic heterocycles. The van der Waals surface area contributed by atoms with Crippen molar-refractivity contribution in [2.75, 3.05) is 13.6 Å². The van der Waals surface area contributed by atoms with Gasteiger partial charge in [0, 0.05) is 19.5 Å². The van der Waals surface area contributed by atoms with Gasteiger partial charge in [0.05, 0.1) is 0 Å². The number of carbonyl (C=O) groups is 2. The number of rotatable bonds is 7. The number of carbonyl (C=O) groups excluding carboxylic acids is 2. The van der Waals surface area contributed by atoms with Crippen LogP contribution in [0.1, 0.15) is 18.9 Å². The third-order valence-corrected chi connectivity index (χ3v) is 2.68. The fraction of sp³-hybridized carbons (Fsp3) is 0.429. The summed E-state index contributed by atoms with van der Waals surface area (Å²) in [5.74, 6) is -0.307. The number of nitrogens with one attached hydrogen (secondary N) is 3. The first-order valence-corrected chi connectivity index (χ1v) is 6.39. The minimum atomic E-state index is -0.520. The van der Waals surface area contributed by atoms with Gasteiger partial charge in [-0.25, -0.2) is 0 Å². The maximum Gasteiger partial charge on any atom is 0.242 e. The Morgan fingerprint density at radius 1 is 1.20 bits per heavy atom. The number of amides is 2. The van der Waals surface area contributed by atoms with Gasteiger partial charge in [-0.1, -0.05) is 30.3 Å². The van der Waals surface area contributed by atoms with Crippen LogP contribution in [0.15, 0.2) is 30.3 Å². The molecular formula is C14H22ClN3O2. The van der Waals surface area contributed by atoms with Crippen LogP contribution in [-0.4, -0.2) is 31.4 Å². The molecule has 6 heteroatoms. The molecule has 20 heavy (non-hydrogen) atoms. The Morgan fingerprint density at radius 3 is 2.45 bits per heavy atom. The average molecular weight is 300 g/mol. The molecule has 1 rings (SSSR count). The zero-order valence-corrected chi connectivity index (χ0v) is 12.6. The summed E-state index contributed by atoms with van der Waals surface area (Å²) in [4.78, 5) is 23.2. The van der Waals surface area contributed by atoms with Crippen molar-refractivity contribution in [1.29, 1.82) is 0 Å². The van der Waals surface area contributed by atoms with Crippen LogP contribution in [0, 0.1) is 0 Å². The maximum atomic E-state index is 11.8. The predicted molar refractivity (Wildman–Crippen MR) is 81.7 cm³/mol. The van der Waals surface area contributed by atoms with E-state index < -0.39 is 6.04 Å². The Labute approximate surface area is 125 Å². The molecule has 1 aromatic rings. The Morgan fingerprint density at radius 2 is 1.85 bits per heavy atom. The first-order valence-electron chi connectivity index (χ1n) is 6.39. The Hall–Kier alpha value is -1.59. The van der Waals surface area contributed by atoms with E-state index in [1.807, 2.05) is 30.3 Å². The van der Waals surface area contributed by atoms with Crippen LogP contribution in [-0.2, 0) is 16.1 Å². The number of hydrogen-bond donors (Lipinski definition) is 3. The van der Waals surface area contributed by atoms with Crippen molar-refractivity contribution in [3.05, 3.63) is 35.9 Å². The molecule has 1 unspecified atom stereocenters. The summed E-state index contributed by atoms with van der Waals surface area (Å²) in [6, 6.07) is 9.13. The van der Waals surface area contributed by atoms with Gasteiger partial charge in [-0.2, -0.15) is 0 Å². The van der Waals surface area contributed by atoms with Crippen molar-refractivity contribution in [1.82, 2.24) is 16.0 Å². The lowest BCUT2D eigenvalue weighted by atomic mass is 10.2. The number of hydrogen-bond acceptors (Lipinski definition) is 3. The summed E-state index contributed by atoms with van der Waals surface area (Å²) in [7, 11) is 1.78. The summed E-state index contributed by atoms with van der Waals surface area (Å²) < 4.78 is 0. The molecule has 0 spiro atoms. The van der Waals surface area contributed by atoms with E-state index in [-0.39, 0.29) is 24.2 Å². The smallest absolute Gasteiger partial charge is 0.242 e. The second-order valence-corrected chi connectivity index (χ2v) is 4.35. The van der Waals surface area contributed by atoms with E-state index in [0.717, 1.165) is 5.56 Å². The van der Waals surface area contributed by atoms with E-state index in [2.05, 4.69) is 16.0 Å². The van der Waals surface area contributed by atoms with Gasteiger partial charge in [-0.3, -0.25) is 9.59 Å². The van der Waals surface area contributed by atoms with E-state index in [4.69, 9.17) is 0 Å². The van der Waals surface area contributed by atoms with Crippen LogP contribution >= 0.6 is 12.4 Å². The molecule has 0 bridgehead atoms. The van der Waals surface area contributed by atoms with Crippen molar-refractivity contribution in [2.24, 2.45) is 0 Å². The highest BCUT2D eigenvalue weighted by Crippen LogP contribution is 1.97. The van der Waals surface area contributed by atoms with E-state index in [1.165, 1.54) is 0 Å². The molecule has 0 aromatic heterocycles. The second kappa shape index (κ2) is 10.2. The molecule has 0 fully saturated rings. The van der Waals surface area contributed by atoms with Gasteiger partial charge in [-0.05, 0) is 19.5 Å². The SMILES string of the molecule is CNCCC(=O)NC(C)C(=O)NCc1ccccc1.Cl. The van der Waals surface area contributed by atoms with Crippen LogP contribution < -0.4 is 16.0 Å². The lowest BCUT2D eigenvalue weighted by Gasteiger charge is -2.14. The highest BCUT2D eigenvalue weighted by Gasteiger charge is 2.14. The fourth-order valence-electron chi connectivity index (χ4n) is 1.56. The number of halogens is 1. The average Bonchev–Trinajstić information content (AvgIpc) is 2.43. The van der Waals surface area contributed by atoms with Crippen LogP contribution in [0.4, 0.5) is 0 Å². The lowest BCUT2D eigenvalue weighted by molar-refractivity contribution is -0.128. The standard InChI is InChI=1S/C14H21N3O2.ClH/c1-11(17-13(18)8-9-15-2)14(19)16-10-12-6-4-3-5-7-12;/h3-7,11,15H,8-10H2,1-2H3,(H,16,19)(H,17,18);1H. The third-order valence-electron chi connectivity index (χ3n) is 2.68. The topological polar surface area (TPSA) is 70.2 Å². The molecule has 5 nitrogen and oxygen atoms in total. The minimum absolute atomic E-state index is 0. The van der Waals surface area contributed by atoms with Gasteiger partial charge in [-0.15, -0.1) is 12.4 Å². The molecule has 2 amide bonds. The van der Waals surface area contributed by atoms with Crippen molar-refractivity contribution in [3.8, 4) is 0 Å². The summed E-state index contributed by atoms with van der Waals surface area (Å²) in [6.07, 6.45) is 0.368. The van der Waals surface area contributed by atoms with Gasteiger partial charge in [0.15, 0.2) is 0 Å². The monoisotopic (exact) mass is 299 g/mol. The third kappa shape index (κ3) is 7.11. The first-order chi connectivity index (χ1) is 9.13. The van der Waals surface area contributed by atoms with Crippen LogP contribution in [0.3, 0.4) is 0 Å². The van der Waals surface area contributed by atoms with Gasteiger partial charge >= 0.3 is 0 Å². The maximum absolute atomic E-state index is 11.8. The van der Waals surface area contributed by atoms with E-state index in [0.29, 0.717) is 19.5 Å². The van der Waals surface area contributed by atoms with Crippen molar-refractivity contribution >= 4 is 24.2 Å². The van der Waals surface area contributed by atoms with Gasteiger partial charge < -0.3 is 16.0 Å². The molecule has 1 atom stereocenters. The second-order valence-electron chi connectivity index (χ2n) is 4.35. The Balaban J connectivity index is 0.00000361. The summed E-state index contributed by atoms with van der Waals surface area (Å²) in [6.45, 7) is 2.75. The normalized spacial score (nSPS) is 11.1. The first kappa shape index (κ1) is 18.4. The predicted octanol–water partition coefficient (Wildman–Crippen LogP) is 0.839. The summed E-state index contributed by atoms with van der Waals surface area (Å²) >= 11 is 0. The van der Waals surface area contributed by atoms with E-state index >= 15 is 0 Å². The lowest BCUT2D eigenvalue weighted by Crippen LogP contribution is -2.45. The zero-order valence-electron chi connectivity index (χ0n) is 11.8. The molecular weight excluding hydrogens is 278 g/mol. The molecule has 0 aliphatic rings. The summed E-state index contributed by atoms with van der Waals surface area (Å²) in [5.41, 5.74) is 1.03. The summed E-state index contributed by atoms with van der Waals surface area (Å²) in [5, 5.41) is 8.34. The van der Waals surface area contributed by atoms with Crippen LogP contribution in [0.25, 0.3) is 0 Å². The van der Waals surface area contributed by atoms with Crippen LogP contribution in [0.2, 0.25) is 0 Å². The molecule has 0 saturated heterocycles. The minimum Gasteiger partial charge on any atom is -0.350 e. The molecule has 0 saturated carbocycles. The van der Waals surface area contributed by atoms with E-state index in [9.17, 15) is 9.59 Å². The van der Waals surface area contributed by atoms with E-state index in [1.54, 1.807) is 14.0 Å². The zero-order chi connectivity index (χ0) is 14.1. The molecule has 0 radical (unpaired) electrons. The largest absolute Gasteiger partial charge is 0.350 e. The molecule has 1 aromatic carbocycles. The van der Waals surface area contributed by atoms with Gasteiger partial charge in [0.1, 0.15) is 6.04 Å². The molecule has 3 N–H and O–H groups in total. The Kier molecular flexibility index (Phi) is 9.41. The fourth-order valence-corrected chi connectivity index (χ4v) is 1.56. The Bertz CT molecular complexity index is 412. The molecule has 0 heterocycles. The molecule has 0 aliphatic carbocycles. The number of benzene rings is 1. The van der Waals surface area contributed by atoms with Crippen molar-refractivity contribution in [3.63, 3.8) is 0 Å². The highest BCUT2D eigenvalue weighted by atomic mass is 35.5. The quantitative estimate of drug-likeness (QED) is 0.699. The molecule has 112 valence electrons.